The lowest BCUT2D eigenvalue weighted by molar-refractivity contribution is -0.143. The number of thiocarbonyl (C=S) groups is 1. The van der Waals surface area contributed by atoms with Gasteiger partial charge in [0, 0.05) is 25.1 Å². The fourth-order valence-corrected chi connectivity index (χ4v) is 2.65. The minimum atomic E-state index is -0.441. The summed E-state index contributed by atoms with van der Waals surface area (Å²) >= 11 is 5.13. The van der Waals surface area contributed by atoms with Crippen molar-refractivity contribution in [3.05, 3.63) is 24.3 Å². The number of rotatable bonds is 9. The third-order valence-electron chi connectivity index (χ3n) is 3.70. The highest BCUT2D eigenvalue weighted by Gasteiger charge is 2.18. The van der Waals surface area contributed by atoms with E-state index in [1.165, 1.54) is 4.57 Å². The predicted octanol–water partition coefficient (Wildman–Crippen LogP) is 3.29. The molecule has 0 bridgehead atoms. The van der Waals surface area contributed by atoms with Crippen molar-refractivity contribution in [2.45, 2.75) is 26.8 Å². The molecular formula is C18H24N4O4S. The van der Waals surface area contributed by atoms with Crippen LogP contribution in [0.15, 0.2) is 34.5 Å². The van der Waals surface area contributed by atoms with Crippen LogP contribution in [0.25, 0.3) is 10.9 Å². The van der Waals surface area contributed by atoms with Gasteiger partial charge in [0.25, 0.3) is 0 Å². The Balaban J connectivity index is 2.14. The van der Waals surface area contributed by atoms with Crippen LogP contribution in [0.2, 0.25) is 0 Å². The summed E-state index contributed by atoms with van der Waals surface area (Å²) in [4.78, 5) is 11.8. The molecule has 8 nitrogen and oxygen atoms in total. The van der Waals surface area contributed by atoms with Gasteiger partial charge in [-0.2, -0.15) is 0 Å². The third kappa shape index (κ3) is 5.73. The summed E-state index contributed by atoms with van der Waals surface area (Å²) in [6.07, 6.45) is 0.799. The molecule has 0 atom stereocenters. The van der Waals surface area contributed by atoms with Crippen molar-refractivity contribution < 1.29 is 19.4 Å². The van der Waals surface area contributed by atoms with Crippen molar-refractivity contribution in [3.8, 4) is 5.88 Å². The minimum absolute atomic E-state index is 0.115. The van der Waals surface area contributed by atoms with Gasteiger partial charge < -0.3 is 19.9 Å². The molecule has 0 saturated heterocycles. The molecule has 0 saturated carbocycles. The number of azo groups is 1. The second-order valence-electron chi connectivity index (χ2n) is 5.56. The summed E-state index contributed by atoms with van der Waals surface area (Å²) < 4.78 is 11.7. The van der Waals surface area contributed by atoms with Crippen molar-refractivity contribution in [2.75, 3.05) is 26.4 Å². The molecule has 0 amide bonds. The molecule has 2 N–H and O–H groups in total. The summed E-state index contributed by atoms with van der Waals surface area (Å²) in [5.74, 6) is -0.601. The van der Waals surface area contributed by atoms with E-state index in [1.807, 2.05) is 19.1 Å². The number of esters is 1. The lowest BCUT2D eigenvalue weighted by atomic mass is 10.2. The van der Waals surface area contributed by atoms with Crippen LogP contribution in [0.4, 0.5) is 5.69 Å². The summed E-state index contributed by atoms with van der Waals surface area (Å²) in [6, 6.07) is 7.22. The number of nitrogens with one attached hydrogen (secondary N) is 1. The van der Waals surface area contributed by atoms with E-state index in [0.717, 1.165) is 6.42 Å². The monoisotopic (exact) mass is 392 g/mol. The van der Waals surface area contributed by atoms with Crippen LogP contribution in [-0.4, -0.2) is 47.1 Å². The second-order valence-corrected chi connectivity index (χ2v) is 5.95. The van der Waals surface area contributed by atoms with Gasteiger partial charge in [-0.25, -0.2) is 0 Å². The molecule has 0 radical (unpaired) electrons. The molecule has 1 aromatic heterocycles. The zero-order valence-corrected chi connectivity index (χ0v) is 16.3. The molecular weight excluding hydrogens is 368 g/mol. The van der Waals surface area contributed by atoms with Crippen molar-refractivity contribution in [1.82, 2.24) is 9.88 Å². The van der Waals surface area contributed by atoms with Crippen LogP contribution in [0.1, 0.15) is 20.3 Å². The van der Waals surface area contributed by atoms with Crippen LogP contribution in [0.5, 0.6) is 5.88 Å². The van der Waals surface area contributed by atoms with E-state index in [0.29, 0.717) is 30.7 Å². The second kappa shape index (κ2) is 10.6. The molecule has 9 heteroatoms. The number of carbonyl (C=O) groups is 1. The third-order valence-corrected chi connectivity index (χ3v) is 3.92. The largest absolute Gasteiger partial charge is 0.493 e. The van der Waals surface area contributed by atoms with E-state index >= 15 is 0 Å². The first kappa shape index (κ1) is 20.8. The Morgan fingerprint density at radius 1 is 1.30 bits per heavy atom. The lowest BCUT2D eigenvalue weighted by Crippen LogP contribution is -2.21. The van der Waals surface area contributed by atoms with Gasteiger partial charge in [-0.05, 0) is 38.6 Å². The standard InChI is InChI=1S/C18H24N4O4S/c1-3-25-11-7-10-19-18(27)21-20-16-13-8-5-6-9-14(13)22(17(16)24)12-15(23)26-4-2/h5-6,8-9,24H,3-4,7,10-12H2,1-2H3,(H,19,27). The minimum Gasteiger partial charge on any atom is -0.493 e. The highest BCUT2D eigenvalue weighted by molar-refractivity contribution is 7.80. The first-order chi connectivity index (χ1) is 13.1. The lowest BCUT2D eigenvalue weighted by Gasteiger charge is -2.06. The fourth-order valence-electron chi connectivity index (χ4n) is 2.51. The van der Waals surface area contributed by atoms with Crippen molar-refractivity contribution in [1.29, 1.82) is 0 Å². The summed E-state index contributed by atoms with van der Waals surface area (Å²) in [6.45, 7) is 5.77. The van der Waals surface area contributed by atoms with E-state index in [1.54, 1.807) is 19.1 Å². The molecule has 0 aliphatic carbocycles. The Hall–Kier alpha value is -2.52. The number of carbonyl (C=O) groups excluding carboxylic acids is 1. The molecule has 0 unspecified atom stereocenters. The summed E-state index contributed by atoms with van der Waals surface area (Å²) in [7, 11) is 0. The zero-order valence-electron chi connectivity index (χ0n) is 15.5. The van der Waals surface area contributed by atoms with Gasteiger partial charge in [-0.1, -0.05) is 18.2 Å². The van der Waals surface area contributed by atoms with Crippen molar-refractivity contribution in [2.24, 2.45) is 10.2 Å². The Kier molecular flexibility index (Phi) is 8.15. The summed E-state index contributed by atoms with van der Waals surface area (Å²) in [5.41, 5.74) is 0.918. The van der Waals surface area contributed by atoms with Gasteiger partial charge in [0.1, 0.15) is 6.54 Å². The number of nitrogens with zero attached hydrogens (tertiary/aromatic N) is 3. The van der Waals surface area contributed by atoms with Crippen LogP contribution in [0, 0.1) is 0 Å². The average molecular weight is 392 g/mol. The van der Waals surface area contributed by atoms with Crippen molar-refractivity contribution in [3.63, 3.8) is 0 Å². The Bertz CT molecular complexity index is 819. The maximum absolute atomic E-state index is 11.8. The molecule has 146 valence electrons. The van der Waals surface area contributed by atoms with E-state index in [2.05, 4.69) is 15.5 Å². The first-order valence-electron chi connectivity index (χ1n) is 8.81. The van der Waals surface area contributed by atoms with Crippen LogP contribution < -0.4 is 5.32 Å². The van der Waals surface area contributed by atoms with E-state index < -0.39 is 5.97 Å². The maximum Gasteiger partial charge on any atom is 0.326 e. The molecule has 2 rings (SSSR count). The highest BCUT2D eigenvalue weighted by Crippen LogP contribution is 2.38. The van der Waals surface area contributed by atoms with Gasteiger partial charge in [0.2, 0.25) is 11.0 Å². The zero-order chi connectivity index (χ0) is 19.6. The van der Waals surface area contributed by atoms with Gasteiger partial charge in [-0.15, -0.1) is 10.2 Å². The Morgan fingerprint density at radius 2 is 2.07 bits per heavy atom. The summed E-state index contributed by atoms with van der Waals surface area (Å²) in [5, 5.41) is 22.4. The number of aromatic nitrogens is 1. The molecule has 1 aromatic carbocycles. The molecule has 0 aliphatic rings. The molecule has 0 fully saturated rings. The molecule has 27 heavy (non-hydrogen) atoms. The predicted molar refractivity (Wildman–Crippen MR) is 106 cm³/mol. The van der Waals surface area contributed by atoms with Gasteiger partial charge >= 0.3 is 5.97 Å². The smallest absolute Gasteiger partial charge is 0.326 e. The SMILES string of the molecule is CCOCCCNC(=S)N=Nc1c(O)n(CC(=O)OCC)c2ccccc12. The number of benzene rings is 1. The van der Waals surface area contributed by atoms with E-state index in [9.17, 15) is 9.90 Å². The number of para-hydroxylation sites is 1. The quantitative estimate of drug-likeness (QED) is 0.294. The fraction of sp³-hybridized carbons (Fsp3) is 0.444. The highest BCUT2D eigenvalue weighted by atomic mass is 32.1. The number of fused-ring (bicyclic) bond motifs is 1. The molecule has 1 heterocycles. The van der Waals surface area contributed by atoms with Crippen LogP contribution in [-0.2, 0) is 20.8 Å². The van der Waals surface area contributed by atoms with Crippen LogP contribution >= 0.6 is 12.2 Å². The topological polar surface area (TPSA) is 97.4 Å². The van der Waals surface area contributed by atoms with Crippen molar-refractivity contribution >= 4 is 39.9 Å². The van der Waals surface area contributed by atoms with E-state index in [4.69, 9.17) is 21.7 Å². The number of aromatic hydroxyl groups is 1. The molecule has 0 spiro atoms. The number of hydrogen-bond acceptors (Lipinski definition) is 6. The Labute approximate surface area is 163 Å². The van der Waals surface area contributed by atoms with Gasteiger partial charge in [-0.3, -0.25) is 9.36 Å². The van der Waals surface area contributed by atoms with E-state index in [-0.39, 0.29) is 29.8 Å². The normalized spacial score (nSPS) is 11.2. The van der Waals surface area contributed by atoms with Crippen LogP contribution in [0.3, 0.4) is 0 Å². The Morgan fingerprint density at radius 3 is 2.81 bits per heavy atom. The van der Waals surface area contributed by atoms with Gasteiger partial charge in [0.05, 0.1) is 12.1 Å². The average Bonchev–Trinajstić information content (AvgIpc) is 2.92. The number of hydrogen-bond donors (Lipinski definition) is 2. The molecule has 0 aliphatic heterocycles. The first-order valence-corrected chi connectivity index (χ1v) is 9.22. The number of ether oxygens (including phenoxy) is 2. The maximum atomic E-state index is 11.8. The molecule has 2 aromatic rings. The van der Waals surface area contributed by atoms with Gasteiger partial charge in [0.15, 0.2) is 5.69 Å².